The van der Waals surface area contributed by atoms with Crippen LogP contribution < -0.4 is 10.6 Å². The van der Waals surface area contributed by atoms with E-state index in [1.165, 1.54) is 12.8 Å². The van der Waals surface area contributed by atoms with Crippen LogP contribution in [-0.4, -0.2) is 48.7 Å². The molecule has 0 bridgehead atoms. The van der Waals surface area contributed by atoms with Crippen LogP contribution in [0.5, 0.6) is 0 Å². The van der Waals surface area contributed by atoms with Gasteiger partial charge in [0.1, 0.15) is 6.54 Å². The molecule has 104 valence electrons. The average Bonchev–Trinajstić information content (AvgIpc) is 2.88. The number of para-hydroxylation sites is 2. The second-order valence-corrected chi connectivity index (χ2v) is 4.92. The van der Waals surface area contributed by atoms with Gasteiger partial charge in [0.25, 0.3) is 0 Å². The number of anilines is 2. The quantitative estimate of drug-likeness (QED) is 0.756. The first-order valence-electron chi connectivity index (χ1n) is 6.70. The summed E-state index contributed by atoms with van der Waals surface area (Å²) in [7, 11) is 0. The molecule has 1 fully saturated rings. The highest BCUT2D eigenvalue weighted by molar-refractivity contribution is 5.77. The van der Waals surface area contributed by atoms with Crippen LogP contribution in [0.15, 0.2) is 24.3 Å². The zero-order valence-electron chi connectivity index (χ0n) is 11.1. The largest absolute Gasteiger partial charge is 0.480 e. The van der Waals surface area contributed by atoms with Gasteiger partial charge in [-0.05, 0) is 38.1 Å². The molecular formula is C14H21N3O2. The zero-order valence-corrected chi connectivity index (χ0v) is 11.1. The Morgan fingerprint density at radius 1 is 1.32 bits per heavy atom. The lowest BCUT2D eigenvalue weighted by Gasteiger charge is -2.26. The SMILES string of the molecule is Nc1ccccc1N(CCN1CCCC1)CC(=O)O. The maximum Gasteiger partial charge on any atom is 0.323 e. The van der Waals surface area contributed by atoms with Gasteiger partial charge >= 0.3 is 5.97 Å². The number of rotatable bonds is 6. The third kappa shape index (κ3) is 3.86. The van der Waals surface area contributed by atoms with E-state index in [0.717, 1.165) is 25.3 Å². The highest BCUT2D eigenvalue weighted by Crippen LogP contribution is 2.22. The Hall–Kier alpha value is -1.75. The molecule has 19 heavy (non-hydrogen) atoms. The first-order valence-corrected chi connectivity index (χ1v) is 6.70. The van der Waals surface area contributed by atoms with Crippen LogP contribution in [0.3, 0.4) is 0 Å². The van der Waals surface area contributed by atoms with Crippen LogP contribution in [-0.2, 0) is 4.79 Å². The Morgan fingerprint density at radius 3 is 2.63 bits per heavy atom. The first kappa shape index (κ1) is 13.7. The third-order valence-electron chi connectivity index (χ3n) is 3.49. The molecule has 0 amide bonds. The molecule has 1 aliphatic heterocycles. The molecule has 5 nitrogen and oxygen atoms in total. The van der Waals surface area contributed by atoms with E-state index in [2.05, 4.69) is 4.90 Å². The number of carboxylic acids is 1. The van der Waals surface area contributed by atoms with Gasteiger partial charge in [-0.1, -0.05) is 12.1 Å². The maximum absolute atomic E-state index is 11.0. The molecule has 1 aromatic carbocycles. The first-order chi connectivity index (χ1) is 9.16. The van der Waals surface area contributed by atoms with E-state index in [1.54, 1.807) is 6.07 Å². The predicted molar refractivity (Wildman–Crippen MR) is 76.4 cm³/mol. The number of hydrogen-bond acceptors (Lipinski definition) is 4. The summed E-state index contributed by atoms with van der Waals surface area (Å²) in [6, 6.07) is 7.43. The molecule has 0 unspecified atom stereocenters. The van der Waals surface area contributed by atoms with E-state index < -0.39 is 5.97 Å². The summed E-state index contributed by atoms with van der Waals surface area (Å²) in [6.07, 6.45) is 2.48. The van der Waals surface area contributed by atoms with E-state index in [-0.39, 0.29) is 6.54 Å². The van der Waals surface area contributed by atoms with Crippen LogP contribution in [0.2, 0.25) is 0 Å². The van der Waals surface area contributed by atoms with Gasteiger partial charge in [-0.25, -0.2) is 0 Å². The molecular weight excluding hydrogens is 242 g/mol. The molecule has 1 aliphatic rings. The molecule has 2 rings (SSSR count). The number of aliphatic carboxylic acids is 1. The van der Waals surface area contributed by atoms with Crippen molar-refractivity contribution < 1.29 is 9.90 Å². The van der Waals surface area contributed by atoms with Crippen molar-refractivity contribution in [1.29, 1.82) is 0 Å². The van der Waals surface area contributed by atoms with Gasteiger partial charge in [0.2, 0.25) is 0 Å². The fourth-order valence-corrected chi connectivity index (χ4v) is 2.49. The topological polar surface area (TPSA) is 69.8 Å². The smallest absolute Gasteiger partial charge is 0.323 e. The summed E-state index contributed by atoms with van der Waals surface area (Å²) in [4.78, 5) is 15.2. The fourth-order valence-electron chi connectivity index (χ4n) is 2.49. The predicted octanol–water partition coefficient (Wildman–Crippen LogP) is 1.26. The minimum atomic E-state index is -0.829. The summed E-state index contributed by atoms with van der Waals surface area (Å²) in [6.45, 7) is 3.81. The van der Waals surface area contributed by atoms with Crippen molar-refractivity contribution >= 4 is 17.3 Å². The zero-order chi connectivity index (χ0) is 13.7. The molecule has 1 aromatic rings. The van der Waals surface area contributed by atoms with E-state index in [4.69, 9.17) is 10.8 Å². The Morgan fingerprint density at radius 2 is 2.00 bits per heavy atom. The van der Waals surface area contributed by atoms with E-state index >= 15 is 0 Å². The van der Waals surface area contributed by atoms with E-state index in [0.29, 0.717) is 12.2 Å². The van der Waals surface area contributed by atoms with Crippen LogP contribution in [0, 0.1) is 0 Å². The highest BCUT2D eigenvalue weighted by atomic mass is 16.4. The van der Waals surface area contributed by atoms with Gasteiger partial charge in [-0.15, -0.1) is 0 Å². The lowest BCUT2D eigenvalue weighted by Crippen LogP contribution is -2.37. The number of nitrogens with zero attached hydrogens (tertiary/aromatic N) is 2. The third-order valence-corrected chi connectivity index (χ3v) is 3.49. The number of benzene rings is 1. The van der Waals surface area contributed by atoms with E-state index in [1.807, 2.05) is 23.1 Å². The van der Waals surface area contributed by atoms with Gasteiger partial charge in [-0.3, -0.25) is 4.79 Å². The molecule has 0 aliphatic carbocycles. The average molecular weight is 263 g/mol. The molecule has 0 atom stereocenters. The Kier molecular flexibility index (Phi) is 4.63. The summed E-state index contributed by atoms with van der Waals surface area (Å²) >= 11 is 0. The molecule has 1 heterocycles. The molecule has 1 saturated heterocycles. The highest BCUT2D eigenvalue weighted by Gasteiger charge is 2.16. The lowest BCUT2D eigenvalue weighted by molar-refractivity contribution is -0.135. The van der Waals surface area contributed by atoms with Crippen molar-refractivity contribution in [1.82, 2.24) is 4.90 Å². The fraction of sp³-hybridized carbons (Fsp3) is 0.500. The number of hydrogen-bond donors (Lipinski definition) is 2. The van der Waals surface area contributed by atoms with Gasteiger partial charge in [0, 0.05) is 13.1 Å². The van der Waals surface area contributed by atoms with Crippen LogP contribution in [0.4, 0.5) is 11.4 Å². The van der Waals surface area contributed by atoms with Crippen molar-refractivity contribution in [2.45, 2.75) is 12.8 Å². The second kappa shape index (κ2) is 6.43. The standard InChI is InChI=1S/C14H21N3O2/c15-12-5-1-2-6-13(12)17(11-14(18)19)10-9-16-7-3-4-8-16/h1-2,5-6H,3-4,7-11,15H2,(H,18,19). The Balaban J connectivity index is 2.02. The number of carboxylic acid groups (broad SMARTS) is 1. The Bertz CT molecular complexity index is 430. The van der Waals surface area contributed by atoms with Crippen molar-refractivity contribution in [3.63, 3.8) is 0 Å². The van der Waals surface area contributed by atoms with Gasteiger partial charge in [0.05, 0.1) is 11.4 Å². The van der Waals surface area contributed by atoms with Crippen molar-refractivity contribution in [2.24, 2.45) is 0 Å². The van der Waals surface area contributed by atoms with E-state index in [9.17, 15) is 4.79 Å². The van der Waals surface area contributed by atoms with Gasteiger partial charge < -0.3 is 20.6 Å². The van der Waals surface area contributed by atoms with Gasteiger partial charge in [0.15, 0.2) is 0 Å². The minimum absolute atomic E-state index is 0.0119. The van der Waals surface area contributed by atoms with Crippen LogP contribution in [0.1, 0.15) is 12.8 Å². The summed E-state index contributed by atoms with van der Waals surface area (Å²) < 4.78 is 0. The number of nitrogens with two attached hydrogens (primary N) is 1. The lowest BCUT2D eigenvalue weighted by atomic mass is 10.2. The molecule has 0 saturated carbocycles. The molecule has 5 heteroatoms. The maximum atomic E-state index is 11.0. The number of carbonyl (C=O) groups is 1. The molecule has 0 radical (unpaired) electrons. The normalized spacial score (nSPS) is 15.6. The summed E-state index contributed by atoms with van der Waals surface area (Å²) in [5.74, 6) is -0.829. The van der Waals surface area contributed by atoms with Crippen LogP contribution >= 0.6 is 0 Å². The number of likely N-dealkylation sites (tertiary alicyclic amines) is 1. The second-order valence-electron chi connectivity index (χ2n) is 4.92. The minimum Gasteiger partial charge on any atom is -0.480 e. The monoisotopic (exact) mass is 263 g/mol. The molecule has 0 spiro atoms. The van der Waals surface area contributed by atoms with Gasteiger partial charge in [-0.2, -0.15) is 0 Å². The van der Waals surface area contributed by atoms with Crippen molar-refractivity contribution in [2.75, 3.05) is 43.4 Å². The molecule has 0 aromatic heterocycles. The van der Waals surface area contributed by atoms with Crippen LogP contribution in [0.25, 0.3) is 0 Å². The van der Waals surface area contributed by atoms with Crippen molar-refractivity contribution in [3.8, 4) is 0 Å². The number of nitrogen functional groups attached to an aromatic ring is 1. The Labute approximate surface area is 113 Å². The molecule has 3 N–H and O–H groups in total. The summed E-state index contributed by atoms with van der Waals surface area (Å²) in [5.41, 5.74) is 7.37. The summed E-state index contributed by atoms with van der Waals surface area (Å²) in [5, 5.41) is 9.03. The van der Waals surface area contributed by atoms with Crippen molar-refractivity contribution in [3.05, 3.63) is 24.3 Å².